The minimum Gasteiger partial charge on any atom is -0.504 e. The number of Topliss-reactive ketones (excluding diaryl/α,β-unsaturated/α-hetero) is 1. The summed E-state index contributed by atoms with van der Waals surface area (Å²) < 4.78 is 0. The third-order valence-corrected chi connectivity index (χ3v) is 2.42. The summed E-state index contributed by atoms with van der Waals surface area (Å²) in [5.41, 5.74) is 0.855. The van der Waals surface area contributed by atoms with Gasteiger partial charge in [-0.3, -0.25) is 4.79 Å². The van der Waals surface area contributed by atoms with Crippen molar-refractivity contribution in [1.29, 1.82) is 0 Å². The highest BCUT2D eigenvalue weighted by Gasteiger charge is 2.22. The Kier molecular flexibility index (Phi) is 7.79. The third kappa shape index (κ3) is 5.72. The molecule has 1 aliphatic carbocycles. The molecule has 19 heavy (non-hydrogen) atoms. The van der Waals surface area contributed by atoms with Crippen molar-refractivity contribution in [2.24, 2.45) is 5.84 Å². The molecule has 5 heteroatoms. The number of nitrogens with two attached hydrogens (primary N) is 1. The van der Waals surface area contributed by atoms with Gasteiger partial charge in [-0.25, -0.2) is 5.84 Å². The Hall–Kier alpha value is -1.59. The van der Waals surface area contributed by atoms with Crippen molar-refractivity contribution in [1.82, 2.24) is 9.91 Å². The number of allylic oxidation sites excluding steroid dienone is 3. The van der Waals surface area contributed by atoms with Gasteiger partial charge >= 0.3 is 0 Å². The monoisotopic (exact) mass is 267 g/mol. The highest BCUT2D eigenvalue weighted by atomic mass is 16.3. The lowest BCUT2D eigenvalue weighted by Gasteiger charge is -2.23. The summed E-state index contributed by atoms with van der Waals surface area (Å²) in [7, 11) is 3.95. The zero-order valence-electron chi connectivity index (χ0n) is 12.3. The first-order valence-electron chi connectivity index (χ1n) is 6.44. The number of ketones is 1. The maximum atomic E-state index is 11.6. The average molecular weight is 267 g/mol. The van der Waals surface area contributed by atoms with Crippen LogP contribution in [0.2, 0.25) is 0 Å². The van der Waals surface area contributed by atoms with E-state index in [-0.39, 0.29) is 11.5 Å². The normalized spacial score (nSPS) is 14.6. The van der Waals surface area contributed by atoms with E-state index in [2.05, 4.69) is 6.58 Å². The van der Waals surface area contributed by atoms with Gasteiger partial charge < -0.3 is 15.0 Å². The molecule has 1 rings (SSSR count). The average Bonchev–Trinajstić information content (AvgIpc) is 2.35. The van der Waals surface area contributed by atoms with Crippen LogP contribution in [0.5, 0.6) is 0 Å². The van der Waals surface area contributed by atoms with Crippen LogP contribution >= 0.6 is 0 Å². The van der Waals surface area contributed by atoms with Gasteiger partial charge in [0.2, 0.25) is 5.78 Å². The molecular weight excluding hydrogens is 242 g/mol. The Morgan fingerprint density at radius 1 is 1.26 bits per heavy atom. The molecule has 5 nitrogen and oxygen atoms in total. The van der Waals surface area contributed by atoms with Crippen molar-refractivity contribution in [2.45, 2.75) is 20.3 Å². The summed E-state index contributed by atoms with van der Waals surface area (Å²) >= 11 is 0. The van der Waals surface area contributed by atoms with E-state index in [1.807, 2.05) is 32.8 Å². The zero-order valence-corrected chi connectivity index (χ0v) is 12.3. The van der Waals surface area contributed by atoms with Crippen LogP contribution in [0.15, 0.2) is 35.8 Å². The molecule has 0 aromatic rings. The van der Waals surface area contributed by atoms with Crippen LogP contribution in [-0.2, 0) is 4.79 Å². The number of aliphatic hydroxyl groups is 1. The lowest BCUT2D eigenvalue weighted by Crippen LogP contribution is -2.37. The first kappa shape index (κ1) is 17.4. The summed E-state index contributed by atoms with van der Waals surface area (Å²) in [6, 6.07) is 0. The second kappa shape index (κ2) is 8.50. The van der Waals surface area contributed by atoms with E-state index < -0.39 is 5.78 Å². The molecule has 3 N–H and O–H groups in total. The Bertz CT molecular complexity index is 384. The van der Waals surface area contributed by atoms with Gasteiger partial charge in [0.05, 0.1) is 0 Å². The number of hydrogen-bond acceptors (Lipinski definition) is 5. The largest absolute Gasteiger partial charge is 0.504 e. The quantitative estimate of drug-likeness (QED) is 0.585. The zero-order chi connectivity index (χ0) is 15.0. The maximum Gasteiger partial charge on any atom is 0.244 e. The van der Waals surface area contributed by atoms with Gasteiger partial charge in [0.25, 0.3) is 0 Å². The van der Waals surface area contributed by atoms with Crippen molar-refractivity contribution in [3.63, 3.8) is 0 Å². The Morgan fingerprint density at radius 2 is 1.84 bits per heavy atom. The van der Waals surface area contributed by atoms with Crippen LogP contribution in [0.3, 0.4) is 0 Å². The predicted molar refractivity (Wildman–Crippen MR) is 78.4 cm³/mol. The van der Waals surface area contributed by atoms with Crippen LogP contribution in [0.25, 0.3) is 0 Å². The Labute approximate surface area is 115 Å². The molecule has 0 aromatic heterocycles. The third-order valence-electron chi connectivity index (χ3n) is 2.42. The minimum absolute atomic E-state index is 0.286. The molecular formula is C14H25N3O2. The number of aliphatic hydroxyl groups excluding tert-OH is 1. The van der Waals surface area contributed by atoms with Crippen molar-refractivity contribution in [3.8, 4) is 0 Å². The molecule has 0 unspecified atom stereocenters. The summed E-state index contributed by atoms with van der Waals surface area (Å²) in [4.78, 5) is 13.7. The van der Waals surface area contributed by atoms with Gasteiger partial charge in [0.15, 0.2) is 5.76 Å². The van der Waals surface area contributed by atoms with Gasteiger partial charge in [-0.05, 0) is 44.8 Å². The van der Waals surface area contributed by atoms with E-state index in [0.29, 0.717) is 12.1 Å². The minimum atomic E-state index is -0.454. The number of carbonyl (C=O) groups is 1. The lowest BCUT2D eigenvalue weighted by atomic mass is 10.1. The van der Waals surface area contributed by atoms with Gasteiger partial charge in [0.1, 0.15) is 5.70 Å². The number of hydrazine groups is 1. The highest BCUT2D eigenvalue weighted by Crippen LogP contribution is 2.17. The standard InChI is InChI=1S/C12H19N3O2.C2H6/c1-9-7-10(12(17)11(16)8-9)15(13)6-4-5-14(2)3;1-2/h7-8,16H,1,4-6,13H2,2-3H3;1-2H3. The first-order chi connectivity index (χ1) is 8.91. The molecule has 0 amide bonds. The Balaban J connectivity index is 0.00000154. The molecule has 0 heterocycles. The number of nitrogens with zero attached hydrogens (tertiary/aromatic N) is 2. The highest BCUT2D eigenvalue weighted by molar-refractivity contribution is 6.08. The second-order valence-electron chi connectivity index (χ2n) is 4.31. The van der Waals surface area contributed by atoms with Crippen LogP contribution in [0, 0.1) is 0 Å². The van der Waals surface area contributed by atoms with Gasteiger partial charge in [0, 0.05) is 6.54 Å². The topological polar surface area (TPSA) is 69.8 Å². The molecule has 0 radical (unpaired) electrons. The van der Waals surface area contributed by atoms with Crippen LogP contribution in [-0.4, -0.2) is 48.0 Å². The van der Waals surface area contributed by atoms with E-state index in [4.69, 9.17) is 5.84 Å². The van der Waals surface area contributed by atoms with E-state index in [1.165, 1.54) is 11.1 Å². The molecule has 0 aliphatic heterocycles. The maximum absolute atomic E-state index is 11.6. The molecule has 0 saturated carbocycles. The molecule has 0 aromatic carbocycles. The lowest BCUT2D eigenvalue weighted by molar-refractivity contribution is -0.116. The molecule has 0 saturated heterocycles. The SMILES string of the molecule is C=C1C=C(O)C(=O)C(N(N)CCCN(C)C)=C1.CC. The van der Waals surface area contributed by atoms with Gasteiger partial charge in [-0.15, -0.1) is 0 Å². The fourth-order valence-electron chi connectivity index (χ4n) is 1.55. The fraction of sp³-hybridized carbons (Fsp3) is 0.500. The summed E-state index contributed by atoms with van der Waals surface area (Å²) in [6.07, 6.45) is 3.75. The Morgan fingerprint density at radius 3 is 2.37 bits per heavy atom. The number of carbonyl (C=O) groups excluding carboxylic acids is 1. The van der Waals surface area contributed by atoms with Crippen molar-refractivity contribution in [2.75, 3.05) is 27.2 Å². The molecule has 0 atom stereocenters. The molecule has 1 aliphatic rings. The van der Waals surface area contributed by atoms with Crippen LogP contribution in [0.4, 0.5) is 0 Å². The van der Waals surface area contributed by atoms with E-state index >= 15 is 0 Å². The molecule has 108 valence electrons. The summed E-state index contributed by atoms with van der Waals surface area (Å²) in [5, 5.41) is 10.8. The van der Waals surface area contributed by atoms with E-state index in [0.717, 1.165) is 13.0 Å². The molecule has 0 spiro atoms. The number of rotatable bonds is 5. The fourth-order valence-corrected chi connectivity index (χ4v) is 1.55. The van der Waals surface area contributed by atoms with E-state index in [9.17, 15) is 9.90 Å². The van der Waals surface area contributed by atoms with Gasteiger partial charge in [-0.2, -0.15) is 0 Å². The van der Waals surface area contributed by atoms with E-state index in [1.54, 1.807) is 6.08 Å². The first-order valence-corrected chi connectivity index (χ1v) is 6.44. The predicted octanol–water partition coefficient (Wildman–Crippen LogP) is 1.60. The molecule has 0 bridgehead atoms. The van der Waals surface area contributed by atoms with Crippen LogP contribution < -0.4 is 5.84 Å². The number of hydrogen-bond donors (Lipinski definition) is 2. The van der Waals surface area contributed by atoms with Crippen molar-refractivity contribution < 1.29 is 9.90 Å². The second-order valence-corrected chi connectivity index (χ2v) is 4.31. The van der Waals surface area contributed by atoms with Crippen molar-refractivity contribution >= 4 is 5.78 Å². The van der Waals surface area contributed by atoms with Crippen molar-refractivity contribution in [3.05, 3.63) is 35.8 Å². The summed E-state index contributed by atoms with van der Waals surface area (Å²) in [6.45, 7) is 9.12. The summed E-state index contributed by atoms with van der Waals surface area (Å²) in [5.74, 6) is 5.03. The smallest absolute Gasteiger partial charge is 0.244 e. The van der Waals surface area contributed by atoms with Crippen LogP contribution in [0.1, 0.15) is 20.3 Å². The molecule has 0 fully saturated rings. The van der Waals surface area contributed by atoms with Gasteiger partial charge in [-0.1, -0.05) is 20.4 Å².